The summed E-state index contributed by atoms with van der Waals surface area (Å²) in [4.78, 5) is -0.125. The van der Waals surface area contributed by atoms with Crippen LogP contribution in [0.3, 0.4) is 0 Å². The summed E-state index contributed by atoms with van der Waals surface area (Å²) in [6.07, 6.45) is -0.749. The molecule has 1 fully saturated rings. The fraction of sp³-hybridized carbons (Fsp3) is 0.455. The molecule has 0 unspecified atom stereocenters. The van der Waals surface area contributed by atoms with Gasteiger partial charge in [-0.05, 0) is 12.1 Å². The second-order valence-corrected chi connectivity index (χ2v) is 7.11. The number of hydrogen-bond acceptors (Lipinski definition) is 4. The second-order valence-electron chi connectivity index (χ2n) is 4.36. The summed E-state index contributed by atoms with van der Waals surface area (Å²) in [6.45, 7) is 0.750. The van der Waals surface area contributed by atoms with E-state index < -0.39 is 22.2 Å². The summed E-state index contributed by atoms with van der Waals surface area (Å²) in [5.41, 5.74) is 0. The Kier molecular flexibility index (Phi) is 4.39. The van der Waals surface area contributed by atoms with E-state index in [2.05, 4.69) is 5.32 Å². The SMILES string of the molecule is CN([C@H]1CNC[C@@H]1O)S(=O)(=O)c1c(Cl)cccc1Cl. The predicted molar refractivity (Wildman–Crippen MR) is 74.1 cm³/mol. The first kappa shape index (κ1) is 15.0. The maximum Gasteiger partial charge on any atom is 0.246 e. The van der Waals surface area contributed by atoms with Gasteiger partial charge < -0.3 is 10.4 Å². The van der Waals surface area contributed by atoms with Gasteiger partial charge in [0.2, 0.25) is 10.0 Å². The molecule has 1 aromatic rings. The van der Waals surface area contributed by atoms with Crippen molar-refractivity contribution in [3.05, 3.63) is 28.2 Å². The van der Waals surface area contributed by atoms with E-state index in [0.29, 0.717) is 13.1 Å². The quantitative estimate of drug-likeness (QED) is 0.868. The summed E-state index contributed by atoms with van der Waals surface area (Å²) >= 11 is 11.9. The molecule has 2 atom stereocenters. The van der Waals surface area contributed by atoms with Crippen molar-refractivity contribution in [2.45, 2.75) is 17.0 Å². The number of aliphatic hydroxyl groups excluding tert-OH is 1. The first-order valence-electron chi connectivity index (χ1n) is 5.66. The first-order valence-corrected chi connectivity index (χ1v) is 7.86. The van der Waals surface area contributed by atoms with Crippen LogP contribution >= 0.6 is 23.2 Å². The van der Waals surface area contributed by atoms with E-state index in [-0.39, 0.29) is 14.9 Å². The largest absolute Gasteiger partial charge is 0.390 e. The van der Waals surface area contributed by atoms with E-state index in [4.69, 9.17) is 23.2 Å². The van der Waals surface area contributed by atoms with E-state index in [9.17, 15) is 13.5 Å². The predicted octanol–water partition coefficient (Wildman–Crippen LogP) is 0.947. The van der Waals surface area contributed by atoms with Crippen molar-refractivity contribution in [2.75, 3.05) is 20.1 Å². The molecule has 2 N–H and O–H groups in total. The van der Waals surface area contributed by atoms with E-state index in [1.807, 2.05) is 0 Å². The Labute approximate surface area is 122 Å². The molecule has 1 aliphatic rings. The maximum absolute atomic E-state index is 12.5. The molecule has 1 aliphatic heterocycles. The summed E-state index contributed by atoms with van der Waals surface area (Å²) in [5.74, 6) is 0. The third kappa shape index (κ3) is 2.74. The zero-order valence-electron chi connectivity index (χ0n) is 10.2. The van der Waals surface area contributed by atoms with Crippen molar-refractivity contribution in [2.24, 2.45) is 0 Å². The number of sulfonamides is 1. The van der Waals surface area contributed by atoms with Crippen molar-refractivity contribution in [3.63, 3.8) is 0 Å². The van der Waals surface area contributed by atoms with E-state index in [0.717, 1.165) is 4.31 Å². The average Bonchev–Trinajstić information content (AvgIpc) is 2.73. The van der Waals surface area contributed by atoms with Gasteiger partial charge in [-0.2, -0.15) is 4.31 Å². The molecule has 106 valence electrons. The van der Waals surface area contributed by atoms with Crippen LogP contribution in [0, 0.1) is 0 Å². The van der Waals surface area contributed by atoms with Crippen LogP contribution in [0.15, 0.2) is 23.1 Å². The number of β-amino-alcohol motifs (C(OH)–C–C–N with tert-alkyl or cyclic N) is 1. The highest BCUT2D eigenvalue weighted by atomic mass is 35.5. The normalized spacial score (nSPS) is 24.1. The highest BCUT2D eigenvalue weighted by Gasteiger charge is 2.37. The standard InChI is InChI=1S/C11H14Cl2N2O3S/c1-15(9-5-14-6-10(9)16)19(17,18)11-7(12)3-2-4-8(11)13/h2-4,9-10,14,16H,5-6H2,1H3/t9-,10-/m0/s1. The maximum atomic E-state index is 12.5. The van der Waals surface area contributed by atoms with Crippen LogP contribution in [0.5, 0.6) is 0 Å². The fourth-order valence-electron chi connectivity index (χ4n) is 2.07. The molecule has 8 heteroatoms. The van der Waals surface area contributed by atoms with Crippen LogP contribution in [0.25, 0.3) is 0 Å². The van der Waals surface area contributed by atoms with Gasteiger partial charge in [0.1, 0.15) is 4.90 Å². The average molecular weight is 325 g/mol. The molecule has 0 aliphatic carbocycles. The van der Waals surface area contributed by atoms with Crippen LogP contribution in [0.4, 0.5) is 0 Å². The molecular formula is C11H14Cl2N2O3S. The lowest BCUT2D eigenvalue weighted by atomic mass is 10.2. The van der Waals surface area contributed by atoms with E-state index in [1.54, 1.807) is 6.07 Å². The smallest absolute Gasteiger partial charge is 0.246 e. The molecule has 0 bridgehead atoms. The number of benzene rings is 1. The van der Waals surface area contributed by atoms with Crippen molar-refractivity contribution in [1.82, 2.24) is 9.62 Å². The zero-order chi connectivity index (χ0) is 14.2. The fourth-order valence-corrected chi connectivity index (χ4v) is 4.54. The molecule has 19 heavy (non-hydrogen) atoms. The van der Waals surface area contributed by atoms with Gasteiger partial charge >= 0.3 is 0 Å². The Bertz CT molecular complexity index is 559. The lowest BCUT2D eigenvalue weighted by Gasteiger charge is -2.26. The summed E-state index contributed by atoms with van der Waals surface area (Å²) in [5, 5.41) is 12.8. The highest BCUT2D eigenvalue weighted by Crippen LogP contribution is 2.32. The molecule has 0 spiro atoms. The Morgan fingerprint density at radius 1 is 1.32 bits per heavy atom. The number of halogens is 2. The lowest BCUT2D eigenvalue weighted by Crippen LogP contribution is -2.44. The van der Waals surface area contributed by atoms with Crippen molar-refractivity contribution < 1.29 is 13.5 Å². The van der Waals surface area contributed by atoms with Gasteiger partial charge in [-0.1, -0.05) is 29.3 Å². The number of likely N-dealkylation sites (N-methyl/N-ethyl adjacent to an activating group) is 1. The lowest BCUT2D eigenvalue weighted by molar-refractivity contribution is 0.136. The van der Waals surface area contributed by atoms with Crippen LogP contribution in [-0.4, -0.2) is 50.1 Å². The van der Waals surface area contributed by atoms with Gasteiger partial charge in [0, 0.05) is 20.1 Å². The van der Waals surface area contributed by atoms with Crippen LogP contribution in [0.1, 0.15) is 0 Å². The topological polar surface area (TPSA) is 69.6 Å². The molecule has 1 heterocycles. The third-order valence-electron chi connectivity index (χ3n) is 3.17. The van der Waals surface area contributed by atoms with Gasteiger partial charge in [0.25, 0.3) is 0 Å². The number of aliphatic hydroxyl groups is 1. The molecule has 0 saturated carbocycles. The van der Waals surface area contributed by atoms with Gasteiger partial charge in [-0.25, -0.2) is 8.42 Å². The molecule has 1 saturated heterocycles. The zero-order valence-corrected chi connectivity index (χ0v) is 12.5. The number of hydrogen-bond donors (Lipinski definition) is 2. The Morgan fingerprint density at radius 2 is 1.89 bits per heavy atom. The van der Waals surface area contributed by atoms with Crippen molar-refractivity contribution in [1.29, 1.82) is 0 Å². The number of nitrogens with zero attached hydrogens (tertiary/aromatic N) is 1. The van der Waals surface area contributed by atoms with Gasteiger partial charge in [-0.3, -0.25) is 0 Å². The molecular weight excluding hydrogens is 311 g/mol. The van der Waals surface area contributed by atoms with Gasteiger partial charge in [0.15, 0.2) is 0 Å². The van der Waals surface area contributed by atoms with Gasteiger partial charge in [-0.15, -0.1) is 0 Å². The minimum absolute atomic E-state index is 0.0693. The summed E-state index contributed by atoms with van der Waals surface area (Å²) < 4.78 is 26.2. The third-order valence-corrected chi connectivity index (χ3v) is 6.01. The monoisotopic (exact) mass is 324 g/mol. The van der Waals surface area contributed by atoms with Crippen LogP contribution in [-0.2, 0) is 10.0 Å². The Hall–Kier alpha value is -0.370. The van der Waals surface area contributed by atoms with Crippen molar-refractivity contribution in [3.8, 4) is 0 Å². The van der Waals surface area contributed by atoms with E-state index in [1.165, 1.54) is 19.2 Å². The first-order chi connectivity index (χ1) is 8.85. The minimum Gasteiger partial charge on any atom is -0.390 e. The van der Waals surface area contributed by atoms with Crippen LogP contribution in [0.2, 0.25) is 10.0 Å². The van der Waals surface area contributed by atoms with E-state index >= 15 is 0 Å². The molecule has 0 radical (unpaired) electrons. The second kappa shape index (κ2) is 5.55. The van der Waals surface area contributed by atoms with Gasteiger partial charge in [0.05, 0.1) is 22.2 Å². The Morgan fingerprint density at radius 3 is 2.37 bits per heavy atom. The minimum atomic E-state index is -3.85. The summed E-state index contributed by atoms with van der Waals surface area (Å²) in [6, 6.07) is 3.99. The molecule has 1 aromatic carbocycles. The molecule has 2 rings (SSSR count). The molecule has 0 aromatic heterocycles. The number of rotatable bonds is 3. The summed E-state index contributed by atoms with van der Waals surface area (Å²) in [7, 11) is -2.43. The highest BCUT2D eigenvalue weighted by molar-refractivity contribution is 7.89. The number of nitrogens with one attached hydrogen (secondary N) is 1. The van der Waals surface area contributed by atoms with Crippen molar-refractivity contribution >= 4 is 33.2 Å². The molecule has 5 nitrogen and oxygen atoms in total. The Balaban J connectivity index is 2.42. The molecule has 0 amide bonds. The van der Waals surface area contributed by atoms with Crippen LogP contribution < -0.4 is 5.32 Å².